The fraction of sp³-hybridized carbons (Fsp3) is 0.500. The number of halogens is 1. The second kappa shape index (κ2) is 6.72. The van der Waals surface area contributed by atoms with Crippen LogP contribution in [0, 0.1) is 0 Å². The van der Waals surface area contributed by atoms with E-state index < -0.39 is 20.7 Å². The van der Waals surface area contributed by atoms with Crippen LogP contribution in [-0.2, 0) is 21.2 Å². The first-order valence-electron chi connectivity index (χ1n) is 6.47. The van der Waals surface area contributed by atoms with Gasteiger partial charge in [-0.2, -0.15) is 0 Å². The summed E-state index contributed by atoms with van der Waals surface area (Å²) in [6.45, 7) is 5.18. The van der Waals surface area contributed by atoms with Crippen LogP contribution in [0.4, 0.5) is 0 Å². The van der Waals surface area contributed by atoms with Crippen molar-refractivity contribution in [2.75, 3.05) is 0 Å². The van der Waals surface area contributed by atoms with Gasteiger partial charge in [0.15, 0.2) is 0 Å². The monoisotopic (exact) mass is 361 g/mol. The van der Waals surface area contributed by atoms with Crippen LogP contribution < -0.4 is 4.72 Å². The van der Waals surface area contributed by atoms with Gasteiger partial charge >= 0.3 is 0 Å². The third-order valence-electron chi connectivity index (χ3n) is 3.11. The Balaban J connectivity index is 2.73. The molecule has 0 spiro atoms. The zero-order valence-corrected chi connectivity index (χ0v) is 14.3. The molecule has 0 saturated carbocycles. The quantitative estimate of drug-likeness (QED) is 0.846. The molecule has 112 valence electrons. The van der Waals surface area contributed by atoms with E-state index in [4.69, 9.17) is 0 Å². The average molecular weight is 362 g/mol. The average Bonchev–Trinajstić information content (AvgIpc) is 2.31. The lowest BCUT2D eigenvalue weighted by Gasteiger charge is -2.24. The van der Waals surface area contributed by atoms with Crippen molar-refractivity contribution in [3.05, 3.63) is 34.3 Å². The van der Waals surface area contributed by atoms with Crippen LogP contribution in [0.5, 0.6) is 0 Å². The van der Waals surface area contributed by atoms with Gasteiger partial charge in [0.2, 0.25) is 15.9 Å². The van der Waals surface area contributed by atoms with Gasteiger partial charge in [0.1, 0.15) is 0 Å². The molecule has 20 heavy (non-hydrogen) atoms. The summed E-state index contributed by atoms with van der Waals surface area (Å²) in [5, 5.41) is 0. The van der Waals surface area contributed by atoms with Crippen molar-refractivity contribution in [1.82, 2.24) is 4.72 Å². The van der Waals surface area contributed by atoms with Crippen molar-refractivity contribution >= 4 is 31.9 Å². The number of hydrogen-bond acceptors (Lipinski definition) is 3. The zero-order chi connectivity index (χ0) is 15.4. The molecule has 0 atom stereocenters. The largest absolute Gasteiger partial charge is 0.274 e. The normalized spacial score (nSPS) is 12.2. The van der Waals surface area contributed by atoms with Crippen LogP contribution in [0.1, 0.15) is 39.2 Å². The summed E-state index contributed by atoms with van der Waals surface area (Å²) >= 11 is 3.31. The van der Waals surface area contributed by atoms with Gasteiger partial charge in [-0.15, -0.1) is 0 Å². The summed E-state index contributed by atoms with van der Waals surface area (Å²) in [4.78, 5) is 11.9. The Kier molecular flexibility index (Phi) is 5.77. The lowest BCUT2D eigenvalue weighted by Crippen LogP contribution is -2.44. The van der Waals surface area contributed by atoms with Crippen LogP contribution in [0.2, 0.25) is 0 Å². The Morgan fingerprint density at radius 2 is 1.80 bits per heavy atom. The summed E-state index contributed by atoms with van der Waals surface area (Å²) < 4.78 is 26.4. The molecule has 0 aliphatic carbocycles. The fourth-order valence-electron chi connectivity index (χ4n) is 1.85. The molecule has 1 aromatic carbocycles. The van der Waals surface area contributed by atoms with Gasteiger partial charge in [-0.05, 0) is 38.0 Å². The number of sulfonamides is 1. The van der Waals surface area contributed by atoms with Gasteiger partial charge in [0.25, 0.3) is 0 Å². The van der Waals surface area contributed by atoms with E-state index in [9.17, 15) is 13.2 Å². The number of rotatable bonds is 6. The van der Waals surface area contributed by atoms with Crippen molar-refractivity contribution in [1.29, 1.82) is 0 Å². The number of benzene rings is 1. The summed E-state index contributed by atoms with van der Waals surface area (Å²) in [5.74, 6) is -0.503. The molecule has 0 fully saturated rings. The summed E-state index contributed by atoms with van der Waals surface area (Å²) in [7, 11) is -3.66. The number of amides is 1. The van der Waals surface area contributed by atoms with Crippen molar-refractivity contribution < 1.29 is 13.2 Å². The van der Waals surface area contributed by atoms with E-state index in [1.165, 1.54) is 0 Å². The Morgan fingerprint density at radius 3 is 2.30 bits per heavy atom. The van der Waals surface area contributed by atoms with Crippen molar-refractivity contribution in [2.45, 2.75) is 44.8 Å². The molecule has 1 rings (SSSR count). The molecule has 0 aromatic heterocycles. The summed E-state index contributed by atoms with van der Waals surface area (Å²) in [5.41, 5.74) is 0.772. The van der Waals surface area contributed by atoms with Crippen LogP contribution in [0.15, 0.2) is 28.7 Å². The minimum atomic E-state index is -3.66. The molecule has 0 aliphatic heterocycles. The topological polar surface area (TPSA) is 63.2 Å². The zero-order valence-electron chi connectivity index (χ0n) is 11.9. The number of carbonyl (C=O) groups excluding carboxylic acids is 1. The fourth-order valence-corrected chi connectivity index (χ4v) is 3.23. The summed E-state index contributed by atoms with van der Waals surface area (Å²) in [6, 6.07) is 7.21. The van der Waals surface area contributed by atoms with Gasteiger partial charge in [-0.3, -0.25) is 9.52 Å². The standard InChI is InChI=1S/C14H20BrNO3S/c1-4-9-14(2,3)20(18,19)16-13(17)10-11-5-7-12(15)8-6-11/h5-8H,4,9-10H2,1-3H3,(H,16,17). The highest BCUT2D eigenvalue weighted by molar-refractivity contribution is 9.10. The van der Waals surface area contributed by atoms with Gasteiger partial charge in [-0.25, -0.2) is 8.42 Å². The van der Waals surface area contributed by atoms with E-state index in [2.05, 4.69) is 20.7 Å². The highest BCUT2D eigenvalue weighted by atomic mass is 79.9. The van der Waals surface area contributed by atoms with E-state index in [-0.39, 0.29) is 6.42 Å². The third-order valence-corrected chi connectivity index (χ3v) is 5.79. The maximum Gasteiger partial charge on any atom is 0.240 e. The molecule has 0 radical (unpaired) electrons. The molecule has 0 heterocycles. The Bertz CT molecular complexity index is 565. The Hall–Kier alpha value is -0.880. The maximum atomic E-state index is 12.2. The number of hydrogen-bond donors (Lipinski definition) is 1. The first-order valence-corrected chi connectivity index (χ1v) is 8.75. The van der Waals surface area contributed by atoms with Gasteiger partial charge in [-0.1, -0.05) is 41.4 Å². The van der Waals surface area contributed by atoms with Crippen molar-refractivity contribution in [3.8, 4) is 0 Å². The maximum absolute atomic E-state index is 12.2. The second-order valence-corrected chi connectivity index (χ2v) is 8.57. The lowest BCUT2D eigenvalue weighted by molar-refractivity contribution is -0.118. The predicted molar refractivity (Wildman–Crippen MR) is 83.9 cm³/mol. The van der Waals surface area contributed by atoms with E-state index >= 15 is 0 Å². The molecule has 1 aromatic rings. The molecule has 4 nitrogen and oxygen atoms in total. The van der Waals surface area contributed by atoms with E-state index in [1.807, 2.05) is 19.1 Å². The van der Waals surface area contributed by atoms with Crippen LogP contribution in [0.3, 0.4) is 0 Å². The molecule has 0 aliphatic rings. The molecule has 0 unspecified atom stereocenters. The number of nitrogens with one attached hydrogen (secondary N) is 1. The van der Waals surface area contributed by atoms with Crippen molar-refractivity contribution in [2.24, 2.45) is 0 Å². The minimum Gasteiger partial charge on any atom is -0.274 e. The second-order valence-electron chi connectivity index (χ2n) is 5.34. The van der Waals surface area contributed by atoms with Crippen LogP contribution in [-0.4, -0.2) is 19.1 Å². The van der Waals surface area contributed by atoms with Gasteiger partial charge in [0, 0.05) is 4.47 Å². The van der Waals surface area contributed by atoms with E-state index in [1.54, 1.807) is 26.0 Å². The van der Waals surface area contributed by atoms with Gasteiger partial charge in [0.05, 0.1) is 11.2 Å². The SMILES string of the molecule is CCCC(C)(C)S(=O)(=O)NC(=O)Cc1ccc(Br)cc1. The molecular weight excluding hydrogens is 342 g/mol. The smallest absolute Gasteiger partial charge is 0.240 e. The van der Waals surface area contributed by atoms with E-state index in [0.717, 1.165) is 16.5 Å². The number of carbonyl (C=O) groups is 1. The summed E-state index contributed by atoms with van der Waals surface area (Å²) in [6.07, 6.45) is 1.30. The first kappa shape index (κ1) is 17.2. The molecule has 0 saturated heterocycles. The predicted octanol–water partition coefficient (Wildman–Crippen LogP) is 3.02. The molecule has 6 heteroatoms. The molecule has 1 N–H and O–H groups in total. The van der Waals surface area contributed by atoms with E-state index in [0.29, 0.717) is 6.42 Å². The Labute approximate surface area is 129 Å². The third kappa shape index (κ3) is 4.59. The van der Waals surface area contributed by atoms with Crippen LogP contribution in [0.25, 0.3) is 0 Å². The Morgan fingerprint density at radius 1 is 1.25 bits per heavy atom. The lowest BCUT2D eigenvalue weighted by atomic mass is 10.1. The van der Waals surface area contributed by atoms with Gasteiger partial charge < -0.3 is 0 Å². The highest BCUT2D eigenvalue weighted by Gasteiger charge is 2.34. The minimum absolute atomic E-state index is 0.0503. The van der Waals surface area contributed by atoms with Crippen molar-refractivity contribution in [3.63, 3.8) is 0 Å². The molecule has 1 amide bonds. The first-order chi connectivity index (χ1) is 9.18. The molecule has 0 bridgehead atoms. The molecular formula is C14H20BrNO3S. The highest BCUT2D eigenvalue weighted by Crippen LogP contribution is 2.21. The van der Waals surface area contributed by atoms with Crippen LogP contribution >= 0.6 is 15.9 Å².